The van der Waals surface area contributed by atoms with Crippen molar-refractivity contribution < 1.29 is 4.74 Å². The van der Waals surface area contributed by atoms with Gasteiger partial charge in [-0.05, 0) is 19.4 Å². The Morgan fingerprint density at radius 3 is 2.85 bits per heavy atom. The van der Waals surface area contributed by atoms with Crippen LogP contribution in [0.25, 0.3) is 10.2 Å². The lowest BCUT2D eigenvalue weighted by atomic mass is 10.2. The van der Waals surface area contributed by atoms with Crippen molar-refractivity contribution in [2.45, 2.75) is 20.4 Å². The van der Waals surface area contributed by atoms with Gasteiger partial charge in [0, 0.05) is 6.54 Å². The zero-order chi connectivity index (χ0) is 14.9. The Bertz CT molecular complexity index is 812. The fourth-order valence-electron chi connectivity index (χ4n) is 1.96. The zero-order valence-corrected chi connectivity index (χ0v) is 11.9. The van der Waals surface area contributed by atoms with Crippen molar-refractivity contribution >= 4 is 27.5 Å². The molecule has 2 heterocycles. The summed E-state index contributed by atoms with van der Waals surface area (Å²) >= 11 is 1.19. The summed E-state index contributed by atoms with van der Waals surface area (Å²) in [6.45, 7) is 7.23. The SMILES string of the molecule is C=CO/C(=N\N)c1sc2[nH]c(=O)n(CC)c(=O)c2c1C. The molecule has 20 heavy (non-hydrogen) atoms. The lowest BCUT2D eigenvalue weighted by Gasteiger charge is -2.02. The third-order valence-corrected chi connectivity index (χ3v) is 4.09. The molecule has 0 radical (unpaired) electrons. The first kappa shape index (κ1) is 14.1. The predicted octanol–water partition coefficient (Wildman–Crippen LogP) is 0.860. The van der Waals surface area contributed by atoms with Crippen molar-refractivity contribution in [3.05, 3.63) is 44.1 Å². The van der Waals surface area contributed by atoms with Crippen molar-refractivity contribution in [3.8, 4) is 0 Å². The van der Waals surface area contributed by atoms with Crippen molar-refractivity contribution in [3.63, 3.8) is 0 Å². The molecule has 0 saturated heterocycles. The van der Waals surface area contributed by atoms with E-state index in [0.717, 1.165) is 4.57 Å². The van der Waals surface area contributed by atoms with Crippen molar-refractivity contribution in [1.82, 2.24) is 9.55 Å². The second-order valence-corrected chi connectivity index (χ2v) is 4.98. The Hall–Kier alpha value is -2.35. The molecular weight excluding hydrogens is 280 g/mol. The van der Waals surface area contributed by atoms with E-state index in [1.54, 1.807) is 13.8 Å². The highest BCUT2D eigenvalue weighted by atomic mass is 32.1. The number of aromatic amines is 1. The quantitative estimate of drug-likeness (QED) is 0.288. The Balaban J connectivity index is 2.84. The highest BCUT2D eigenvalue weighted by Gasteiger charge is 2.19. The van der Waals surface area contributed by atoms with Gasteiger partial charge in [0.15, 0.2) is 0 Å². The van der Waals surface area contributed by atoms with E-state index in [4.69, 9.17) is 10.6 Å². The fourth-order valence-corrected chi connectivity index (χ4v) is 3.09. The van der Waals surface area contributed by atoms with Crippen LogP contribution in [-0.4, -0.2) is 15.4 Å². The minimum absolute atomic E-state index is 0.155. The van der Waals surface area contributed by atoms with Gasteiger partial charge in [0.2, 0.25) is 0 Å². The molecule has 2 aromatic rings. The Kier molecular flexibility index (Phi) is 3.75. The number of thiophene rings is 1. The number of nitrogens with zero attached hydrogens (tertiary/aromatic N) is 2. The summed E-state index contributed by atoms with van der Waals surface area (Å²) < 4.78 is 6.25. The Morgan fingerprint density at radius 2 is 2.30 bits per heavy atom. The van der Waals surface area contributed by atoms with Crippen LogP contribution in [0.3, 0.4) is 0 Å². The molecule has 7 nitrogen and oxygen atoms in total. The molecule has 3 N–H and O–H groups in total. The molecule has 0 saturated carbocycles. The van der Waals surface area contributed by atoms with Crippen LogP contribution in [0.2, 0.25) is 0 Å². The molecule has 8 heteroatoms. The highest BCUT2D eigenvalue weighted by molar-refractivity contribution is 7.20. The number of rotatable bonds is 3. The van der Waals surface area contributed by atoms with Gasteiger partial charge in [-0.15, -0.1) is 16.4 Å². The van der Waals surface area contributed by atoms with Gasteiger partial charge in [-0.2, -0.15) is 0 Å². The molecule has 0 unspecified atom stereocenters. The second kappa shape index (κ2) is 5.33. The number of hydrogen-bond acceptors (Lipinski definition) is 6. The summed E-state index contributed by atoms with van der Waals surface area (Å²) in [6.07, 6.45) is 1.20. The Labute approximate surface area is 118 Å². The van der Waals surface area contributed by atoms with Crippen LogP contribution in [0.15, 0.2) is 27.5 Å². The van der Waals surface area contributed by atoms with Crippen LogP contribution < -0.4 is 17.1 Å². The van der Waals surface area contributed by atoms with E-state index in [1.165, 1.54) is 17.6 Å². The van der Waals surface area contributed by atoms with E-state index in [-0.39, 0.29) is 11.5 Å². The summed E-state index contributed by atoms with van der Waals surface area (Å²) in [7, 11) is 0. The molecule has 2 rings (SSSR count). The maximum atomic E-state index is 12.3. The van der Waals surface area contributed by atoms with Crippen LogP contribution in [-0.2, 0) is 11.3 Å². The number of aromatic nitrogens is 2. The minimum atomic E-state index is -0.436. The van der Waals surface area contributed by atoms with Crippen LogP contribution in [0.1, 0.15) is 17.4 Å². The molecule has 0 aliphatic carbocycles. The molecule has 0 aromatic carbocycles. The number of H-pyrrole nitrogens is 1. The smallest absolute Gasteiger partial charge is 0.329 e. The molecule has 106 valence electrons. The topological polar surface area (TPSA) is 102 Å². The zero-order valence-electron chi connectivity index (χ0n) is 11.1. The van der Waals surface area contributed by atoms with Crippen LogP contribution in [0.4, 0.5) is 0 Å². The number of nitrogens with two attached hydrogens (primary N) is 1. The molecule has 0 aliphatic heterocycles. The van der Waals surface area contributed by atoms with Gasteiger partial charge in [0.05, 0.1) is 16.5 Å². The number of aryl methyl sites for hydroxylation is 1. The average molecular weight is 294 g/mol. The molecule has 0 aliphatic rings. The molecule has 0 bridgehead atoms. The van der Waals surface area contributed by atoms with E-state index >= 15 is 0 Å². The number of ether oxygens (including phenoxy) is 1. The lowest BCUT2D eigenvalue weighted by molar-refractivity contribution is 0.474. The van der Waals surface area contributed by atoms with Crippen LogP contribution in [0, 0.1) is 6.92 Å². The molecular formula is C12H14N4O3S. The standard InChI is InChI=1S/C12H14N4O3S/c1-4-16-11(17)7-6(3)8(9(15-13)19-5-2)20-10(7)14-12(16)18/h5H,2,4,13H2,1,3H3,(H,14,18)/b15-9-. The number of hydrazone groups is 1. The summed E-state index contributed by atoms with van der Waals surface area (Å²) in [5.41, 5.74) is -0.102. The highest BCUT2D eigenvalue weighted by Crippen LogP contribution is 2.27. The predicted molar refractivity (Wildman–Crippen MR) is 79.1 cm³/mol. The molecule has 0 spiro atoms. The number of hydrogen-bond donors (Lipinski definition) is 2. The third-order valence-electron chi connectivity index (χ3n) is 2.89. The van der Waals surface area contributed by atoms with Gasteiger partial charge in [-0.3, -0.25) is 14.3 Å². The van der Waals surface area contributed by atoms with E-state index < -0.39 is 5.69 Å². The fraction of sp³-hybridized carbons (Fsp3) is 0.250. The van der Waals surface area contributed by atoms with Gasteiger partial charge < -0.3 is 10.6 Å². The van der Waals surface area contributed by atoms with E-state index in [2.05, 4.69) is 16.7 Å². The van der Waals surface area contributed by atoms with Gasteiger partial charge >= 0.3 is 5.69 Å². The summed E-state index contributed by atoms with van der Waals surface area (Å²) in [5.74, 6) is 5.43. The molecule has 0 atom stereocenters. The molecule has 0 fully saturated rings. The van der Waals surface area contributed by atoms with E-state index in [9.17, 15) is 9.59 Å². The maximum absolute atomic E-state index is 12.3. The van der Waals surface area contributed by atoms with E-state index in [0.29, 0.717) is 27.2 Å². The van der Waals surface area contributed by atoms with Crippen molar-refractivity contribution in [2.24, 2.45) is 10.9 Å². The van der Waals surface area contributed by atoms with E-state index in [1.807, 2.05) is 0 Å². The Morgan fingerprint density at radius 1 is 1.60 bits per heavy atom. The van der Waals surface area contributed by atoms with Gasteiger partial charge in [0.1, 0.15) is 4.83 Å². The van der Waals surface area contributed by atoms with Crippen LogP contribution >= 0.6 is 11.3 Å². The minimum Gasteiger partial charge on any atom is -0.445 e. The van der Waals surface area contributed by atoms with Crippen LogP contribution in [0.5, 0.6) is 0 Å². The first-order valence-electron chi connectivity index (χ1n) is 5.87. The number of nitrogens with one attached hydrogen (secondary N) is 1. The van der Waals surface area contributed by atoms with Gasteiger partial charge in [-0.1, -0.05) is 6.58 Å². The normalized spacial score (nSPS) is 11.8. The first-order chi connectivity index (χ1) is 9.54. The second-order valence-electron chi connectivity index (χ2n) is 3.96. The van der Waals surface area contributed by atoms with Gasteiger partial charge in [-0.25, -0.2) is 4.79 Å². The molecule has 2 aromatic heterocycles. The lowest BCUT2D eigenvalue weighted by Crippen LogP contribution is -2.34. The number of fused-ring (bicyclic) bond motifs is 1. The van der Waals surface area contributed by atoms with Crippen molar-refractivity contribution in [2.75, 3.05) is 0 Å². The monoisotopic (exact) mass is 294 g/mol. The third kappa shape index (κ3) is 2.03. The summed E-state index contributed by atoms with van der Waals surface area (Å²) in [5, 5.41) is 3.98. The average Bonchev–Trinajstić information content (AvgIpc) is 2.73. The summed E-state index contributed by atoms with van der Waals surface area (Å²) in [4.78, 5) is 27.8. The molecule has 0 amide bonds. The first-order valence-corrected chi connectivity index (χ1v) is 6.68. The summed E-state index contributed by atoms with van der Waals surface area (Å²) in [6, 6.07) is 0. The van der Waals surface area contributed by atoms with Gasteiger partial charge in [0.25, 0.3) is 11.5 Å². The van der Waals surface area contributed by atoms with Crippen molar-refractivity contribution in [1.29, 1.82) is 0 Å². The maximum Gasteiger partial charge on any atom is 0.329 e. The largest absolute Gasteiger partial charge is 0.445 e.